The van der Waals surface area contributed by atoms with Crippen molar-refractivity contribution in [3.63, 3.8) is 0 Å². The molecule has 1 unspecified atom stereocenters. The fourth-order valence-corrected chi connectivity index (χ4v) is 2.82. The molecular weight excluding hydrogens is 288 g/mol. The monoisotopic (exact) mass is 310 g/mol. The number of nitrogens with one attached hydrogen (secondary N) is 1. The molecule has 1 fully saturated rings. The SMILES string of the molecule is CCNCc1cc(Br)ccc1N(C)C(C)C1CC1. The van der Waals surface area contributed by atoms with E-state index in [9.17, 15) is 0 Å². The Hall–Kier alpha value is -0.540. The predicted octanol–water partition coefficient (Wildman–Crippen LogP) is 3.79. The fraction of sp³-hybridized carbons (Fsp3) is 0.600. The van der Waals surface area contributed by atoms with Gasteiger partial charge in [0.05, 0.1) is 0 Å². The zero-order chi connectivity index (χ0) is 13.1. The zero-order valence-corrected chi connectivity index (χ0v) is 13.1. The summed E-state index contributed by atoms with van der Waals surface area (Å²) in [5.41, 5.74) is 2.74. The van der Waals surface area contributed by atoms with Gasteiger partial charge in [0.15, 0.2) is 0 Å². The van der Waals surface area contributed by atoms with Crippen molar-refractivity contribution < 1.29 is 0 Å². The van der Waals surface area contributed by atoms with Crippen molar-refractivity contribution in [2.75, 3.05) is 18.5 Å². The van der Waals surface area contributed by atoms with Crippen LogP contribution in [0.3, 0.4) is 0 Å². The second-order valence-corrected chi connectivity index (χ2v) is 6.16. The third-order valence-corrected chi connectivity index (χ3v) is 4.40. The Labute approximate surface area is 119 Å². The Kier molecular flexibility index (Phi) is 4.68. The van der Waals surface area contributed by atoms with Crippen LogP contribution in [0.15, 0.2) is 22.7 Å². The molecule has 1 aliphatic carbocycles. The standard InChI is InChI=1S/C15H23BrN2/c1-4-17-10-13-9-14(16)7-8-15(13)18(3)11(2)12-5-6-12/h7-9,11-12,17H,4-6,10H2,1-3H3. The van der Waals surface area contributed by atoms with Gasteiger partial charge in [-0.05, 0) is 56.0 Å². The van der Waals surface area contributed by atoms with Crippen molar-refractivity contribution in [2.45, 2.75) is 39.3 Å². The lowest BCUT2D eigenvalue weighted by Gasteiger charge is -2.29. The van der Waals surface area contributed by atoms with Crippen molar-refractivity contribution in [1.82, 2.24) is 5.32 Å². The molecule has 1 aliphatic rings. The van der Waals surface area contributed by atoms with E-state index in [2.05, 4.69) is 65.2 Å². The lowest BCUT2D eigenvalue weighted by Crippen LogP contribution is -2.31. The summed E-state index contributed by atoms with van der Waals surface area (Å²) in [7, 11) is 2.22. The fourth-order valence-electron chi connectivity index (χ4n) is 2.41. The third-order valence-electron chi connectivity index (χ3n) is 3.90. The van der Waals surface area contributed by atoms with Crippen LogP contribution in [0.25, 0.3) is 0 Å². The molecule has 100 valence electrons. The van der Waals surface area contributed by atoms with Crippen molar-refractivity contribution in [3.05, 3.63) is 28.2 Å². The molecule has 0 heterocycles. The Morgan fingerprint density at radius 2 is 2.17 bits per heavy atom. The highest BCUT2D eigenvalue weighted by atomic mass is 79.9. The van der Waals surface area contributed by atoms with Gasteiger partial charge in [-0.15, -0.1) is 0 Å². The summed E-state index contributed by atoms with van der Waals surface area (Å²) >= 11 is 3.57. The first kappa shape index (κ1) is 13.9. The molecular formula is C15H23BrN2. The average Bonchev–Trinajstić information content (AvgIpc) is 3.19. The minimum Gasteiger partial charge on any atom is -0.371 e. The molecule has 0 spiro atoms. The maximum atomic E-state index is 3.57. The first-order valence-electron chi connectivity index (χ1n) is 6.85. The van der Waals surface area contributed by atoms with Gasteiger partial charge in [-0.1, -0.05) is 22.9 Å². The van der Waals surface area contributed by atoms with E-state index in [1.165, 1.54) is 24.1 Å². The van der Waals surface area contributed by atoms with Gasteiger partial charge in [0.2, 0.25) is 0 Å². The second-order valence-electron chi connectivity index (χ2n) is 5.24. The average molecular weight is 311 g/mol. The molecule has 3 heteroatoms. The van der Waals surface area contributed by atoms with Crippen LogP contribution in [0.4, 0.5) is 5.69 Å². The largest absolute Gasteiger partial charge is 0.371 e. The van der Waals surface area contributed by atoms with Crippen molar-refractivity contribution in [2.24, 2.45) is 5.92 Å². The highest BCUT2D eigenvalue weighted by molar-refractivity contribution is 9.10. The highest BCUT2D eigenvalue weighted by Crippen LogP contribution is 2.37. The van der Waals surface area contributed by atoms with Crippen LogP contribution in [0.5, 0.6) is 0 Å². The van der Waals surface area contributed by atoms with Gasteiger partial charge < -0.3 is 10.2 Å². The number of anilines is 1. The van der Waals surface area contributed by atoms with E-state index in [-0.39, 0.29) is 0 Å². The van der Waals surface area contributed by atoms with Gasteiger partial charge in [-0.3, -0.25) is 0 Å². The Morgan fingerprint density at radius 3 is 2.78 bits per heavy atom. The number of hydrogen-bond donors (Lipinski definition) is 1. The Balaban J connectivity index is 2.18. The van der Waals surface area contributed by atoms with E-state index in [0.717, 1.165) is 23.5 Å². The van der Waals surface area contributed by atoms with Crippen LogP contribution in [0, 0.1) is 5.92 Å². The minimum absolute atomic E-state index is 0.645. The summed E-state index contributed by atoms with van der Waals surface area (Å²) in [6.07, 6.45) is 2.79. The molecule has 1 aromatic carbocycles. The molecule has 1 saturated carbocycles. The summed E-state index contributed by atoms with van der Waals surface area (Å²) in [4.78, 5) is 2.44. The molecule has 0 amide bonds. The molecule has 2 nitrogen and oxygen atoms in total. The van der Waals surface area contributed by atoms with Gasteiger partial charge in [-0.2, -0.15) is 0 Å². The van der Waals surface area contributed by atoms with E-state index in [1.807, 2.05) is 0 Å². The van der Waals surface area contributed by atoms with E-state index in [4.69, 9.17) is 0 Å². The van der Waals surface area contributed by atoms with E-state index in [0.29, 0.717) is 6.04 Å². The van der Waals surface area contributed by atoms with E-state index < -0.39 is 0 Å². The smallest absolute Gasteiger partial charge is 0.0412 e. The normalized spacial score (nSPS) is 16.7. The first-order valence-corrected chi connectivity index (χ1v) is 7.64. The third kappa shape index (κ3) is 3.27. The molecule has 0 aromatic heterocycles. The second kappa shape index (κ2) is 6.07. The number of halogens is 1. The lowest BCUT2D eigenvalue weighted by atomic mass is 10.1. The van der Waals surface area contributed by atoms with Crippen molar-refractivity contribution in [3.8, 4) is 0 Å². The first-order chi connectivity index (χ1) is 8.63. The van der Waals surface area contributed by atoms with Crippen LogP contribution in [0.2, 0.25) is 0 Å². The van der Waals surface area contributed by atoms with Gasteiger partial charge in [-0.25, -0.2) is 0 Å². The number of rotatable bonds is 6. The zero-order valence-electron chi connectivity index (χ0n) is 11.5. The predicted molar refractivity (Wildman–Crippen MR) is 82.1 cm³/mol. The molecule has 0 radical (unpaired) electrons. The molecule has 1 N–H and O–H groups in total. The summed E-state index contributed by atoms with van der Waals surface area (Å²) in [6, 6.07) is 7.25. The molecule has 0 aliphatic heterocycles. The summed E-state index contributed by atoms with van der Waals surface area (Å²) in [5.74, 6) is 0.894. The summed E-state index contributed by atoms with van der Waals surface area (Å²) in [5, 5.41) is 3.42. The molecule has 0 saturated heterocycles. The van der Waals surface area contributed by atoms with E-state index >= 15 is 0 Å². The lowest BCUT2D eigenvalue weighted by molar-refractivity contribution is 0.605. The molecule has 1 atom stereocenters. The van der Waals surface area contributed by atoms with Crippen LogP contribution in [-0.2, 0) is 6.54 Å². The van der Waals surface area contributed by atoms with Gasteiger partial charge in [0.25, 0.3) is 0 Å². The summed E-state index contributed by atoms with van der Waals surface area (Å²) < 4.78 is 1.16. The maximum absolute atomic E-state index is 3.57. The summed E-state index contributed by atoms with van der Waals surface area (Å²) in [6.45, 7) is 6.44. The van der Waals surface area contributed by atoms with Crippen LogP contribution < -0.4 is 10.2 Å². The number of benzene rings is 1. The molecule has 2 rings (SSSR count). The van der Waals surface area contributed by atoms with Crippen LogP contribution in [-0.4, -0.2) is 19.6 Å². The topological polar surface area (TPSA) is 15.3 Å². The molecule has 0 bridgehead atoms. The minimum atomic E-state index is 0.645. The van der Waals surface area contributed by atoms with Crippen molar-refractivity contribution >= 4 is 21.6 Å². The molecule has 1 aromatic rings. The Bertz CT molecular complexity index is 401. The maximum Gasteiger partial charge on any atom is 0.0412 e. The van der Waals surface area contributed by atoms with Crippen LogP contribution in [0.1, 0.15) is 32.3 Å². The Morgan fingerprint density at radius 1 is 1.44 bits per heavy atom. The van der Waals surface area contributed by atoms with Crippen LogP contribution >= 0.6 is 15.9 Å². The van der Waals surface area contributed by atoms with Crippen molar-refractivity contribution in [1.29, 1.82) is 0 Å². The molecule has 18 heavy (non-hydrogen) atoms. The number of hydrogen-bond acceptors (Lipinski definition) is 2. The number of nitrogens with zero attached hydrogens (tertiary/aromatic N) is 1. The highest BCUT2D eigenvalue weighted by Gasteiger charge is 2.31. The van der Waals surface area contributed by atoms with Gasteiger partial charge in [0, 0.05) is 29.8 Å². The van der Waals surface area contributed by atoms with Gasteiger partial charge in [0.1, 0.15) is 0 Å². The quantitative estimate of drug-likeness (QED) is 0.860. The van der Waals surface area contributed by atoms with Gasteiger partial charge >= 0.3 is 0 Å². The van der Waals surface area contributed by atoms with E-state index in [1.54, 1.807) is 0 Å².